The Morgan fingerprint density at radius 2 is 1.83 bits per heavy atom. The van der Waals surface area contributed by atoms with Crippen LogP contribution in [0.5, 0.6) is 0 Å². The minimum atomic E-state index is -4.70. The van der Waals surface area contributed by atoms with Crippen LogP contribution in [-0.4, -0.2) is 13.4 Å². The van der Waals surface area contributed by atoms with E-state index >= 15 is 0 Å². The lowest BCUT2D eigenvalue weighted by molar-refractivity contribution is -0.136. The van der Waals surface area contributed by atoms with E-state index < -0.39 is 36.2 Å². The third kappa shape index (κ3) is 2.17. The maximum absolute atomic E-state index is 12.8. The van der Waals surface area contributed by atoms with Gasteiger partial charge in [-0.2, -0.15) is 13.2 Å². The zero-order valence-electron chi connectivity index (χ0n) is 8.35. The summed E-state index contributed by atoms with van der Waals surface area (Å²) in [7, 11) is 0.993. The fourth-order valence-electron chi connectivity index (χ4n) is 1.63. The van der Waals surface area contributed by atoms with Gasteiger partial charge in [0.2, 0.25) is 0 Å². The van der Waals surface area contributed by atoms with Crippen LogP contribution in [0.25, 0.3) is 10.9 Å². The summed E-state index contributed by atoms with van der Waals surface area (Å²) in [5.41, 5.74) is -1.53. The zero-order valence-corrected chi connectivity index (χ0v) is 10.7. The first kappa shape index (κ1) is 13.5. The Kier molecular flexibility index (Phi) is 3.03. The number of halogens is 5. The maximum Gasteiger partial charge on any atom is 0.419 e. The topological polar surface area (TPSA) is 49.9 Å². The Morgan fingerprint density at radius 3 is 2.33 bits per heavy atom. The number of H-pyrrole nitrogens is 1. The Labute approximate surface area is 109 Å². The second-order valence-electron chi connectivity index (χ2n) is 3.43. The highest BCUT2D eigenvalue weighted by Crippen LogP contribution is 2.40. The molecule has 9 heteroatoms. The third-order valence-corrected chi connectivity index (χ3v) is 3.99. The van der Waals surface area contributed by atoms with E-state index in [4.69, 9.17) is 22.3 Å². The molecule has 3 nitrogen and oxygen atoms in total. The minimum Gasteiger partial charge on any atom is -0.359 e. The molecule has 1 aromatic carbocycles. The van der Waals surface area contributed by atoms with Crippen molar-refractivity contribution in [3.63, 3.8) is 0 Å². The van der Waals surface area contributed by atoms with Gasteiger partial charge in [0.15, 0.2) is 0 Å². The second-order valence-corrected chi connectivity index (χ2v) is 6.38. The summed E-state index contributed by atoms with van der Waals surface area (Å²) in [6.07, 6.45) is -3.80. The van der Waals surface area contributed by atoms with Crippen molar-refractivity contribution < 1.29 is 21.6 Å². The molecule has 1 heterocycles. The number of fused-ring (bicyclic) bond motifs is 1. The number of aromatic amines is 1. The summed E-state index contributed by atoms with van der Waals surface area (Å²) in [5, 5.41) is -0.669. The van der Waals surface area contributed by atoms with Crippen LogP contribution in [0.4, 0.5) is 13.2 Å². The van der Waals surface area contributed by atoms with Gasteiger partial charge in [0.1, 0.15) is 4.90 Å². The number of rotatable bonds is 1. The summed E-state index contributed by atoms with van der Waals surface area (Å²) in [6.45, 7) is 0. The molecule has 0 saturated heterocycles. The Bertz CT molecular complexity index is 721. The number of alkyl halides is 3. The highest BCUT2D eigenvalue weighted by molar-refractivity contribution is 8.14. The minimum absolute atomic E-state index is 0.151. The molecule has 0 unspecified atom stereocenters. The lowest BCUT2D eigenvalue weighted by atomic mass is 10.1. The third-order valence-electron chi connectivity index (χ3n) is 2.31. The van der Waals surface area contributed by atoms with Gasteiger partial charge in [0.05, 0.1) is 16.1 Å². The van der Waals surface area contributed by atoms with Gasteiger partial charge in [-0.3, -0.25) is 0 Å². The molecule has 0 saturated carbocycles. The molecular weight excluding hydrogens is 314 g/mol. The van der Waals surface area contributed by atoms with Crippen LogP contribution < -0.4 is 0 Å². The lowest BCUT2D eigenvalue weighted by Crippen LogP contribution is -2.06. The highest BCUT2D eigenvalue weighted by Gasteiger charge is 2.36. The summed E-state index contributed by atoms with van der Waals surface area (Å²) in [6, 6.07) is 2.14. The molecular formula is C9H4Cl2F3NO2S. The molecule has 0 fully saturated rings. The Hall–Kier alpha value is -0.920. The summed E-state index contributed by atoms with van der Waals surface area (Å²) < 4.78 is 60.8. The van der Waals surface area contributed by atoms with Crippen molar-refractivity contribution in [1.29, 1.82) is 0 Å². The van der Waals surface area contributed by atoms with Crippen LogP contribution in [0, 0.1) is 0 Å². The number of aromatic nitrogens is 1. The Balaban J connectivity index is 2.91. The van der Waals surface area contributed by atoms with Gasteiger partial charge in [0, 0.05) is 22.3 Å². The van der Waals surface area contributed by atoms with Crippen molar-refractivity contribution in [2.45, 2.75) is 11.1 Å². The summed E-state index contributed by atoms with van der Waals surface area (Å²) >= 11 is 5.49. The van der Waals surface area contributed by atoms with E-state index in [0.29, 0.717) is 0 Å². The van der Waals surface area contributed by atoms with Gasteiger partial charge in [-0.05, 0) is 12.1 Å². The van der Waals surface area contributed by atoms with Crippen LogP contribution in [0.15, 0.2) is 23.2 Å². The smallest absolute Gasteiger partial charge is 0.359 e. The summed E-state index contributed by atoms with van der Waals surface area (Å²) in [5.74, 6) is 0. The molecule has 98 valence electrons. The largest absolute Gasteiger partial charge is 0.419 e. The van der Waals surface area contributed by atoms with Gasteiger partial charge >= 0.3 is 6.18 Å². The van der Waals surface area contributed by atoms with Crippen LogP contribution in [-0.2, 0) is 15.2 Å². The number of benzene rings is 1. The van der Waals surface area contributed by atoms with Crippen molar-refractivity contribution in [1.82, 2.24) is 4.98 Å². The molecule has 0 aliphatic carbocycles. The first-order valence-electron chi connectivity index (χ1n) is 4.44. The molecule has 0 atom stereocenters. The standard InChI is InChI=1S/C9H4Cl2F3NO2S/c10-5-2-1-4-6(18(11,16)17)3-15-8(4)7(5)9(12,13)14/h1-3,15H. The monoisotopic (exact) mass is 317 g/mol. The molecule has 0 radical (unpaired) electrons. The maximum atomic E-state index is 12.8. The normalized spacial score (nSPS) is 13.2. The Morgan fingerprint density at radius 1 is 1.22 bits per heavy atom. The van der Waals surface area contributed by atoms with Crippen LogP contribution in [0.3, 0.4) is 0 Å². The van der Waals surface area contributed by atoms with Crippen LogP contribution >= 0.6 is 22.3 Å². The second kappa shape index (κ2) is 4.04. The number of hydrogen-bond acceptors (Lipinski definition) is 2. The van der Waals surface area contributed by atoms with Gasteiger partial charge in [-0.15, -0.1) is 0 Å². The van der Waals surface area contributed by atoms with Crippen molar-refractivity contribution in [2.75, 3.05) is 0 Å². The van der Waals surface area contributed by atoms with Crippen molar-refractivity contribution >= 4 is 42.2 Å². The van der Waals surface area contributed by atoms with E-state index in [-0.39, 0.29) is 5.39 Å². The quantitative estimate of drug-likeness (QED) is 0.814. The first-order chi connectivity index (χ1) is 8.12. The number of hydrogen-bond donors (Lipinski definition) is 1. The van der Waals surface area contributed by atoms with E-state index in [1.54, 1.807) is 0 Å². The zero-order chi connectivity index (χ0) is 13.7. The molecule has 1 aromatic heterocycles. The van der Waals surface area contributed by atoms with Crippen molar-refractivity contribution in [3.8, 4) is 0 Å². The van der Waals surface area contributed by atoms with Crippen molar-refractivity contribution in [2.24, 2.45) is 0 Å². The molecule has 18 heavy (non-hydrogen) atoms. The molecule has 2 rings (SSSR count). The molecule has 0 aliphatic rings. The molecule has 0 aliphatic heterocycles. The van der Waals surface area contributed by atoms with E-state index in [2.05, 4.69) is 4.98 Å². The average Bonchev–Trinajstić information content (AvgIpc) is 2.57. The van der Waals surface area contributed by atoms with Crippen LogP contribution in [0.1, 0.15) is 5.56 Å². The first-order valence-corrected chi connectivity index (χ1v) is 7.12. The molecule has 1 N–H and O–H groups in total. The van der Waals surface area contributed by atoms with Gasteiger partial charge in [0.25, 0.3) is 9.05 Å². The molecule has 0 bridgehead atoms. The average molecular weight is 318 g/mol. The number of nitrogens with one attached hydrogen (secondary N) is 1. The van der Waals surface area contributed by atoms with Gasteiger partial charge in [-0.1, -0.05) is 11.6 Å². The highest BCUT2D eigenvalue weighted by atomic mass is 35.7. The fourth-order valence-corrected chi connectivity index (χ4v) is 2.91. The van der Waals surface area contributed by atoms with E-state index in [1.165, 1.54) is 6.07 Å². The van der Waals surface area contributed by atoms with Gasteiger partial charge < -0.3 is 4.98 Å². The molecule has 0 amide bonds. The van der Waals surface area contributed by atoms with E-state index in [9.17, 15) is 21.6 Å². The van der Waals surface area contributed by atoms with Crippen molar-refractivity contribution in [3.05, 3.63) is 28.9 Å². The summed E-state index contributed by atoms with van der Waals surface area (Å²) in [4.78, 5) is 1.83. The van der Waals surface area contributed by atoms with Crippen LogP contribution in [0.2, 0.25) is 5.02 Å². The predicted octanol–water partition coefficient (Wildman–Crippen LogP) is 3.77. The molecule has 0 spiro atoms. The lowest BCUT2D eigenvalue weighted by Gasteiger charge is -2.10. The predicted molar refractivity (Wildman–Crippen MR) is 61.3 cm³/mol. The van der Waals surface area contributed by atoms with E-state index in [1.807, 2.05) is 0 Å². The fraction of sp³-hybridized carbons (Fsp3) is 0.111. The molecule has 2 aromatic rings. The SMILES string of the molecule is O=S(=O)(Cl)c1c[nH]c2c(C(F)(F)F)c(Cl)ccc12. The van der Waals surface area contributed by atoms with E-state index in [0.717, 1.165) is 12.3 Å². The van der Waals surface area contributed by atoms with Gasteiger partial charge in [-0.25, -0.2) is 8.42 Å².